The van der Waals surface area contributed by atoms with Crippen molar-refractivity contribution in [2.45, 2.75) is 18.9 Å². The lowest BCUT2D eigenvalue weighted by Gasteiger charge is -2.06. The van der Waals surface area contributed by atoms with Crippen LogP contribution in [0.4, 0.5) is 0 Å². The van der Waals surface area contributed by atoms with Gasteiger partial charge in [-0.25, -0.2) is 0 Å². The third-order valence-corrected chi connectivity index (χ3v) is 4.63. The molecule has 1 atom stereocenters. The highest BCUT2D eigenvalue weighted by Gasteiger charge is 2.08. The molecule has 80 valence electrons. The first-order chi connectivity index (χ1) is 7.24. The van der Waals surface area contributed by atoms with E-state index in [1.165, 1.54) is 9.75 Å². The molecule has 0 aliphatic heterocycles. The Labute approximate surface area is 106 Å². The lowest BCUT2D eigenvalue weighted by atomic mass is 10.1. The lowest BCUT2D eigenvalue weighted by Crippen LogP contribution is -2.12. The van der Waals surface area contributed by atoms with Crippen LogP contribution in [0.25, 0.3) is 0 Å². The molecule has 15 heavy (non-hydrogen) atoms. The Balaban J connectivity index is 1.90. The van der Waals surface area contributed by atoms with E-state index in [0.717, 1.165) is 16.6 Å². The molecule has 0 aromatic carbocycles. The van der Waals surface area contributed by atoms with Crippen molar-refractivity contribution in [3.05, 3.63) is 43.2 Å². The highest BCUT2D eigenvalue weighted by Crippen LogP contribution is 2.24. The molecular weight excluding hydrogens is 292 g/mol. The number of hydrogen-bond acceptors (Lipinski definition) is 3. The summed E-state index contributed by atoms with van der Waals surface area (Å²) in [7, 11) is 0. The molecule has 2 aromatic rings. The SMILES string of the molecule is OC(Cc1cccs1)Cc1ccc(Br)s1. The van der Waals surface area contributed by atoms with E-state index in [2.05, 4.69) is 28.1 Å². The maximum absolute atomic E-state index is 9.88. The Morgan fingerprint density at radius 3 is 2.60 bits per heavy atom. The average molecular weight is 303 g/mol. The van der Waals surface area contributed by atoms with E-state index < -0.39 is 0 Å². The minimum absolute atomic E-state index is 0.269. The van der Waals surface area contributed by atoms with Gasteiger partial charge in [-0.3, -0.25) is 0 Å². The molecule has 0 aliphatic carbocycles. The van der Waals surface area contributed by atoms with E-state index in [1.54, 1.807) is 22.7 Å². The predicted molar refractivity (Wildman–Crippen MR) is 69.8 cm³/mol. The summed E-state index contributed by atoms with van der Waals surface area (Å²) in [6.07, 6.45) is 1.23. The Morgan fingerprint density at radius 1 is 1.20 bits per heavy atom. The van der Waals surface area contributed by atoms with Crippen LogP contribution >= 0.6 is 38.6 Å². The minimum atomic E-state index is -0.269. The second-order valence-electron chi connectivity index (χ2n) is 3.35. The first kappa shape index (κ1) is 11.3. The van der Waals surface area contributed by atoms with Crippen molar-refractivity contribution in [1.29, 1.82) is 0 Å². The molecule has 1 nitrogen and oxygen atoms in total. The number of aliphatic hydroxyl groups excluding tert-OH is 1. The van der Waals surface area contributed by atoms with Crippen LogP contribution in [-0.4, -0.2) is 11.2 Å². The van der Waals surface area contributed by atoms with Crippen molar-refractivity contribution in [3.63, 3.8) is 0 Å². The molecule has 0 fully saturated rings. The van der Waals surface area contributed by atoms with Crippen LogP contribution in [0.15, 0.2) is 33.4 Å². The largest absolute Gasteiger partial charge is 0.392 e. The van der Waals surface area contributed by atoms with E-state index in [9.17, 15) is 5.11 Å². The molecule has 0 aliphatic rings. The molecule has 0 saturated heterocycles. The Kier molecular flexibility index (Phi) is 3.97. The van der Waals surface area contributed by atoms with E-state index in [0.29, 0.717) is 0 Å². The summed E-state index contributed by atoms with van der Waals surface area (Å²) in [4.78, 5) is 2.48. The van der Waals surface area contributed by atoms with Gasteiger partial charge in [0.2, 0.25) is 0 Å². The van der Waals surface area contributed by atoms with Crippen LogP contribution in [0.2, 0.25) is 0 Å². The second kappa shape index (κ2) is 5.25. The molecule has 2 heterocycles. The maximum atomic E-state index is 9.88. The van der Waals surface area contributed by atoms with Crippen molar-refractivity contribution in [2.24, 2.45) is 0 Å². The molecule has 0 saturated carbocycles. The van der Waals surface area contributed by atoms with Gasteiger partial charge in [0.25, 0.3) is 0 Å². The highest BCUT2D eigenvalue weighted by molar-refractivity contribution is 9.11. The fourth-order valence-electron chi connectivity index (χ4n) is 1.43. The molecule has 1 unspecified atom stereocenters. The minimum Gasteiger partial charge on any atom is -0.392 e. The summed E-state index contributed by atoms with van der Waals surface area (Å²) in [5.41, 5.74) is 0. The van der Waals surface area contributed by atoms with Crippen molar-refractivity contribution >= 4 is 38.6 Å². The molecule has 4 heteroatoms. The van der Waals surface area contributed by atoms with Crippen LogP contribution in [-0.2, 0) is 12.8 Å². The monoisotopic (exact) mass is 302 g/mol. The summed E-state index contributed by atoms with van der Waals surface area (Å²) in [6, 6.07) is 8.18. The van der Waals surface area contributed by atoms with Crippen molar-refractivity contribution < 1.29 is 5.11 Å². The Hall–Kier alpha value is -0.160. The van der Waals surface area contributed by atoms with Crippen LogP contribution < -0.4 is 0 Å². The van der Waals surface area contributed by atoms with Crippen molar-refractivity contribution in [3.8, 4) is 0 Å². The molecule has 0 bridgehead atoms. The van der Waals surface area contributed by atoms with Gasteiger partial charge >= 0.3 is 0 Å². The van der Waals surface area contributed by atoms with Gasteiger partial charge < -0.3 is 5.11 Å². The third kappa shape index (κ3) is 3.41. The fraction of sp³-hybridized carbons (Fsp3) is 0.273. The summed E-state index contributed by atoms with van der Waals surface area (Å²) in [5, 5.41) is 11.9. The van der Waals surface area contributed by atoms with Gasteiger partial charge in [0.15, 0.2) is 0 Å². The number of hydrogen-bond donors (Lipinski definition) is 1. The number of thiophene rings is 2. The lowest BCUT2D eigenvalue weighted by molar-refractivity contribution is 0.177. The molecule has 0 amide bonds. The van der Waals surface area contributed by atoms with Gasteiger partial charge in [-0.15, -0.1) is 22.7 Å². The molecule has 0 radical (unpaired) electrons. The van der Waals surface area contributed by atoms with E-state index in [-0.39, 0.29) is 6.10 Å². The van der Waals surface area contributed by atoms with Gasteiger partial charge in [-0.2, -0.15) is 0 Å². The van der Waals surface area contributed by atoms with Gasteiger partial charge in [0, 0.05) is 22.6 Å². The summed E-state index contributed by atoms with van der Waals surface area (Å²) >= 11 is 6.81. The molecule has 2 aromatic heterocycles. The van der Waals surface area contributed by atoms with Crippen LogP contribution in [0.3, 0.4) is 0 Å². The quantitative estimate of drug-likeness (QED) is 0.913. The zero-order valence-corrected chi connectivity index (χ0v) is 11.2. The van der Waals surface area contributed by atoms with Crippen LogP contribution in [0, 0.1) is 0 Å². The van der Waals surface area contributed by atoms with Crippen molar-refractivity contribution in [1.82, 2.24) is 0 Å². The van der Waals surface area contributed by atoms with Gasteiger partial charge in [0.1, 0.15) is 0 Å². The number of rotatable bonds is 4. The first-order valence-electron chi connectivity index (χ1n) is 4.68. The van der Waals surface area contributed by atoms with Gasteiger partial charge in [0.05, 0.1) is 9.89 Å². The first-order valence-corrected chi connectivity index (χ1v) is 7.17. The summed E-state index contributed by atoms with van der Waals surface area (Å²) in [6.45, 7) is 0. The van der Waals surface area contributed by atoms with Crippen LogP contribution in [0.5, 0.6) is 0 Å². The van der Waals surface area contributed by atoms with Gasteiger partial charge in [-0.1, -0.05) is 6.07 Å². The standard InChI is InChI=1S/C11H11BrOS2/c12-11-4-3-10(15-11)7-8(13)6-9-2-1-5-14-9/h1-5,8,13H,6-7H2. The van der Waals surface area contributed by atoms with Crippen molar-refractivity contribution in [2.75, 3.05) is 0 Å². The second-order valence-corrected chi connectivity index (χ2v) is 6.93. The normalized spacial score (nSPS) is 12.9. The molecule has 2 rings (SSSR count). The topological polar surface area (TPSA) is 20.2 Å². The zero-order chi connectivity index (χ0) is 10.7. The van der Waals surface area contributed by atoms with E-state index >= 15 is 0 Å². The van der Waals surface area contributed by atoms with Crippen LogP contribution in [0.1, 0.15) is 9.75 Å². The highest BCUT2D eigenvalue weighted by atomic mass is 79.9. The zero-order valence-electron chi connectivity index (χ0n) is 8.02. The Morgan fingerprint density at radius 2 is 2.00 bits per heavy atom. The smallest absolute Gasteiger partial charge is 0.0701 e. The fourth-order valence-corrected chi connectivity index (χ4v) is 3.76. The average Bonchev–Trinajstić information content (AvgIpc) is 2.77. The van der Waals surface area contributed by atoms with E-state index in [1.807, 2.05) is 17.5 Å². The van der Waals surface area contributed by atoms with Gasteiger partial charge in [-0.05, 0) is 39.5 Å². The number of halogens is 1. The molecule has 1 N–H and O–H groups in total. The Bertz CT molecular complexity index is 408. The predicted octanol–water partition coefficient (Wildman–Crippen LogP) is 3.72. The molecule has 0 spiro atoms. The molecular formula is C11H11BrOS2. The number of aliphatic hydroxyl groups is 1. The third-order valence-electron chi connectivity index (χ3n) is 2.08. The summed E-state index contributed by atoms with van der Waals surface area (Å²) < 4.78 is 1.13. The maximum Gasteiger partial charge on any atom is 0.0701 e. The summed E-state index contributed by atoms with van der Waals surface area (Å²) in [5.74, 6) is 0. The van der Waals surface area contributed by atoms with E-state index in [4.69, 9.17) is 0 Å².